The third kappa shape index (κ3) is 2.31. The molecular formula is C20H20N4. The van der Waals surface area contributed by atoms with Crippen molar-refractivity contribution in [1.82, 2.24) is 9.97 Å². The fourth-order valence-electron chi connectivity index (χ4n) is 3.23. The van der Waals surface area contributed by atoms with E-state index < -0.39 is 0 Å². The lowest BCUT2D eigenvalue weighted by atomic mass is 10.2. The highest BCUT2D eigenvalue weighted by Gasteiger charge is 2.37. The quantitative estimate of drug-likeness (QED) is 0.702. The lowest BCUT2D eigenvalue weighted by Crippen LogP contribution is -2.35. The summed E-state index contributed by atoms with van der Waals surface area (Å²) in [5.74, 6) is 1.84. The highest BCUT2D eigenvalue weighted by Crippen LogP contribution is 2.44. The Morgan fingerprint density at radius 1 is 0.833 bits per heavy atom. The van der Waals surface area contributed by atoms with Crippen molar-refractivity contribution in [2.75, 3.05) is 9.80 Å². The molecule has 0 aliphatic carbocycles. The van der Waals surface area contributed by atoms with Gasteiger partial charge >= 0.3 is 0 Å². The maximum absolute atomic E-state index is 4.88. The molecule has 120 valence electrons. The second-order valence-corrected chi connectivity index (χ2v) is 5.91. The number of anilines is 4. The molecule has 0 amide bonds. The summed E-state index contributed by atoms with van der Waals surface area (Å²) in [6, 6.07) is 20.8. The number of benzene rings is 2. The first kappa shape index (κ1) is 14.7. The predicted octanol–water partition coefficient (Wildman–Crippen LogP) is 4.67. The Balaban J connectivity index is 1.89. The topological polar surface area (TPSA) is 32.3 Å². The van der Waals surface area contributed by atoms with Crippen molar-refractivity contribution in [3.05, 3.63) is 72.6 Å². The smallest absolute Gasteiger partial charge is 0.178 e. The van der Waals surface area contributed by atoms with Gasteiger partial charge < -0.3 is 9.80 Å². The van der Waals surface area contributed by atoms with Gasteiger partial charge in [-0.1, -0.05) is 43.3 Å². The van der Waals surface area contributed by atoms with Crippen molar-refractivity contribution < 1.29 is 0 Å². The number of aromatic nitrogens is 2. The summed E-state index contributed by atoms with van der Waals surface area (Å²) >= 11 is 0. The molecule has 1 aliphatic rings. The number of fused-ring (bicyclic) bond motifs is 1. The van der Waals surface area contributed by atoms with Crippen molar-refractivity contribution in [2.24, 2.45) is 0 Å². The zero-order valence-electron chi connectivity index (χ0n) is 13.9. The van der Waals surface area contributed by atoms with Gasteiger partial charge in [-0.2, -0.15) is 0 Å². The fraction of sp³-hybridized carbons (Fsp3) is 0.200. The van der Waals surface area contributed by atoms with Gasteiger partial charge in [-0.05, 0) is 37.6 Å². The van der Waals surface area contributed by atoms with Crippen LogP contribution in [0.25, 0.3) is 0 Å². The average Bonchev–Trinajstić information content (AvgIpc) is 2.94. The van der Waals surface area contributed by atoms with Gasteiger partial charge in [0.1, 0.15) is 6.17 Å². The molecule has 24 heavy (non-hydrogen) atoms. The van der Waals surface area contributed by atoms with E-state index in [4.69, 9.17) is 9.97 Å². The molecule has 0 fully saturated rings. The molecule has 4 nitrogen and oxygen atoms in total. The van der Waals surface area contributed by atoms with Gasteiger partial charge in [0.05, 0.1) is 11.9 Å². The number of hydrogen-bond acceptors (Lipinski definition) is 4. The summed E-state index contributed by atoms with van der Waals surface area (Å²) in [6.07, 6.45) is 2.87. The monoisotopic (exact) mass is 316 g/mol. The first-order valence-electron chi connectivity index (χ1n) is 8.34. The zero-order chi connectivity index (χ0) is 16.5. The minimum absolute atomic E-state index is 0.108. The number of para-hydroxylation sites is 2. The highest BCUT2D eigenvalue weighted by molar-refractivity contribution is 5.83. The Hall–Kier alpha value is -2.88. The molecule has 1 unspecified atom stereocenters. The van der Waals surface area contributed by atoms with Crippen molar-refractivity contribution in [2.45, 2.75) is 26.4 Å². The number of nitrogens with zero attached hydrogens (tertiary/aromatic N) is 4. The Kier molecular flexibility index (Phi) is 3.65. The van der Waals surface area contributed by atoms with Crippen LogP contribution in [0.4, 0.5) is 23.0 Å². The lowest BCUT2D eigenvalue weighted by molar-refractivity contribution is 0.754. The molecule has 0 spiro atoms. The third-order valence-electron chi connectivity index (χ3n) is 4.42. The van der Waals surface area contributed by atoms with Crippen molar-refractivity contribution in [1.29, 1.82) is 0 Å². The van der Waals surface area contributed by atoms with E-state index in [1.54, 1.807) is 0 Å². The Bertz CT molecular complexity index is 833. The van der Waals surface area contributed by atoms with Gasteiger partial charge in [0.15, 0.2) is 11.6 Å². The van der Waals surface area contributed by atoms with Crippen LogP contribution in [0.15, 0.2) is 66.9 Å². The van der Waals surface area contributed by atoms with Gasteiger partial charge in [-0.25, -0.2) is 9.97 Å². The SMILES string of the molecule is CCc1cnc2c(n1)N(c1ccccc1)C(C)N2c1ccccc1. The van der Waals surface area contributed by atoms with Crippen LogP contribution in [0.2, 0.25) is 0 Å². The van der Waals surface area contributed by atoms with Gasteiger partial charge in [0.25, 0.3) is 0 Å². The van der Waals surface area contributed by atoms with E-state index in [2.05, 4.69) is 72.2 Å². The second kappa shape index (κ2) is 5.96. The van der Waals surface area contributed by atoms with E-state index >= 15 is 0 Å². The Morgan fingerprint density at radius 2 is 1.38 bits per heavy atom. The molecule has 0 radical (unpaired) electrons. The van der Waals surface area contributed by atoms with E-state index in [-0.39, 0.29) is 6.17 Å². The second-order valence-electron chi connectivity index (χ2n) is 5.91. The normalized spacial score (nSPS) is 16.3. The standard InChI is InChI=1S/C20H20N4/c1-3-16-14-21-19-20(22-16)24(18-12-8-5-9-13-18)15(2)23(19)17-10-6-4-7-11-17/h4-15H,3H2,1-2H3. The summed E-state index contributed by atoms with van der Waals surface area (Å²) in [5.41, 5.74) is 3.27. The van der Waals surface area contributed by atoms with Crippen LogP contribution in [0, 0.1) is 0 Å². The molecule has 4 rings (SSSR count). The van der Waals surface area contributed by atoms with Crippen LogP contribution in [-0.4, -0.2) is 16.1 Å². The zero-order valence-corrected chi connectivity index (χ0v) is 13.9. The molecule has 1 aliphatic heterocycles. The van der Waals surface area contributed by atoms with Gasteiger partial charge in [-0.3, -0.25) is 0 Å². The van der Waals surface area contributed by atoms with Crippen LogP contribution in [0.1, 0.15) is 19.5 Å². The fourth-order valence-corrected chi connectivity index (χ4v) is 3.23. The molecular weight excluding hydrogens is 296 g/mol. The van der Waals surface area contributed by atoms with Crippen LogP contribution >= 0.6 is 0 Å². The summed E-state index contributed by atoms with van der Waals surface area (Å²) < 4.78 is 0. The lowest BCUT2D eigenvalue weighted by Gasteiger charge is -2.29. The predicted molar refractivity (Wildman–Crippen MR) is 98.0 cm³/mol. The molecule has 0 bridgehead atoms. The van der Waals surface area contributed by atoms with E-state index in [1.807, 2.05) is 18.3 Å². The molecule has 1 atom stereocenters. The molecule has 2 aromatic carbocycles. The Labute approximate surface area is 142 Å². The molecule has 2 heterocycles. The average molecular weight is 316 g/mol. The van der Waals surface area contributed by atoms with Crippen LogP contribution in [0.5, 0.6) is 0 Å². The van der Waals surface area contributed by atoms with Crippen LogP contribution in [-0.2, 0) is 6.42 Å². The van der Waals surface area contributed by atoms with E-state index in [1.165, 1.54) is 0 Å². The highest BCUT2D eigenvalue weighted by atomic mass is 15.5. The summed E-state index contributed by atoms with van der Waals surface area (Å²) in [6.45, 7) is 4.30. The summed E-state index contributed by atoms with van der Waals surface area (Å²) in [4.78, 5) is 14.1. The molecule has 0 saturated heterocycles. The van der Waals surface area contributed by atoms with E-state index in [9.17, 15) is 0 Å². The van der Waals surface area contributed by atoms with E-state index in [0.717, 1.165) is 35.1 Å². The molecule has 1 aromatic heterocycles. The minimum Gasteiger partial charge on any atom is -0.302 e. The maximum atomic E-state index is 4.88. The third-order valence-corrected chi connectivity index (χ3v) is 4.42. The number of rotatable bonds is 3. The molecule has 4 heteroatoms. The van der Waals surface area contributed by atoms with Crippen LogP contribution in [0.3, 0.4) is 0 Å². The van der Waals surface area contributed by atoms with Crippen molar-refractivity contribution in [3.63, 3.8) is 0 Å². The van der Waals surface area contributed by atoms with Gasteiger partial charge in [0.2, 0.25) is 0 Å². The number of hydrogen-bond donors (Lipinski definition) is 0. The summed E-state index contributed by atoms with van der Waals surface area (Å²) in [5, 5.41) is 0. The van der Waals surface area contributed by atoms with E-state index in [0.29, 0.717) is 0 Å². The largest absolute Gasteiger partial charge is 0.302 e. The number of aryl methyl sites for hydroxylation is 1. The van der Waals surface area contributed by atoms with Crippen molar-refractivity contribution >= 4 is 23.0 Å². The molecule has 0 N–H and O–H groups in total. The van der Waals surface area contributed by atoms with Crippen molar-refractivity contribution in [3.8, 4) is 0 Å². The first-order valence-corrected chi connectivity index (χ1v) is 8.34. The molecule has 3 aromatic rings. The minimum atomic E-state index is 0.108. The van der Waals surface area contributed by atoms with Crippen LogP contribution < -0.4 is 9.80 Å². The first-order chi connectivity index (χ1) is 11.8. The Morgan fingerprint density at radius 3 is 1.92 bits per heavy atom. The molecule has 0 saturated carbocycles. The maximum Gasteiger partial charge on any atom is 0.178 e. The van der Waals surface area contributed by atoms with Gasteiger partial charge in [0, 0.05) is 11.4 Å². The summed E-state index contributed by atoms with van der Waals surface area (Å²) in [7, 11) is 0. The van der Waals surface area contributed by atoms with Gasteiger partial charge in [-0.15, -0.1) is 0 Å².